The Morgan fingerprint density at radius 1 is 1.33 bits per heavy atom. The lowest BCUT2D eigenvalue weighted by Crippen LogP contribution is -2.24. The number of nitrogens with zero attached hydrogens (tertiary/aromatic N) is 2. The van der Waals surface area contributed by atoms with Crippen molar-refractivity contribution in [3.63, 3.8) is 0 Å². The molecule has 1 unspecified atom stereocenters. The van der Waals surface area contributed by atoms with E-state index in [1.54, 1.807) is 7.05 Å². The molecule has 1 aromatic heterocycles. The summed E-state index contributed by atoms with van der Waals surface area (Å²) in [5.74, 6) is -0.819. The maximum atomic E-state index is 13.7. The monoisotopic (exact) mass is 303 g/mol. The molecule has 0 spiro atoms. The summed E-state index contributed by atoms with van der Waals surface area (Å²) < 4.78 is 56.4. The van der Waals surface area contributed by atoms with E-state index in [0.29, 0.717) is 24.4 Å². The molecule has 0 aliphatic rings. The minimum absolute atomic E-state index is 0.0572. The van der Waals surface area contributed by atoms with Gasteiger partial charge in [-0.1, -0.05) is 5.16 Å². The summed E-state index contributed by atoms with van der Waals surface area (Å²) in [6.45, 7) is 1.88. The molecular weight excluding hydrogens is 290 g/mol. The van der Waals surface area contributed by atoms with E-state index >= 15 is 0 Å². The molecule has 114 valence electrons. The highest BCUT2D eigenvalue weighted by molar-refractivity contribution is 5.55. The highest BCUT2D eigenvalue weighted by atomic mass is 19.4. The quantitative estimate of drug-likeness (QED) is 0.882. The van der Waals surface area contributed by atoms with Crippen molar-refractivity contribution in [2.75, 3.05) is 7.05 Å². The number of halogens is 4. The lowest BCUT2D eigenvalue weighted by atomic mass is 10.1. The van der Waals surface area contributed by atoms with Crippen LogP contribution in [0.2, 0.25) is 0 Å². The van der Waals surface area contributed by atoms with Gasteiger partial charge in [0.1, 0.15) is 5.82 Å². The van der Waals surface area contributed by atoms with Crippen LogP contribution in [0.15, 0.2) is 22.7 Å². The summed E-state index contributed by atoms with van der Waals surface area (Å²) in [5.41, 5.74) is -1.33. The molecule has 2 aromatic rings. The molecule has 4 nitrogen and oxygen atoms in total. The largest absolute Gasteiger partial charge is 0.416 e. The second-order valence-corrected chi connectivity index (χ2v) is 4.60. The fraction of sp³-hybridized carbons (Fsp3) is 0.385. The van der Waals surface area contributed by atoms with Gasteiger partial charge in [0.15, 0.2) is 5.82 Å². The number of likely N-dealkylation sites (N-methyl/N-ethyl adjacent to an activating group) is 1. The van der Waals surface area contributed by atoms with Crippen LogP contribution >= 0.6 is 0 Å². The van der Waals surface area contributed by atoms with E-state index in [4.69, 9.17) is 4.52 Å². The molecule has 1 atom stereocenters. The number of hydrogen-bond donors (Lipinski definition) is 1. The topological polar surface area (TPSA) is 51.0 Å². The molecule has 0 radical (unpaired) electrons. The first-order valence-corrected chi connectivity index (χ1v) is 6.18. The van der Waals surface area contributed by atoms with Gasteiger partial charge in [0.05, 0.1) is 11.1 Å². The van der Waals surface area contributed by atoms with Crippen LogP contribution in [0.3, 0.4) is 0 Å². The lowest BCUT2D eigenvalue weighted by Gasteiger charge is -2.07. The number of aromatic nitrogens is 2. The maximum Gasteiger partial charge on any atom is 0.416 e. The van der Waals surface area contributed by atoms with Gasteiger partial charge >= 0.3 is 6.18 Å². The molecule has 0 saturated heterocycles. The third-order valence-electron chi connectivity index (χ3n) is 2.97. The Bertz CT molecular complexity index is 624. The van der Waals surface area contributed by atoms with Crippen LogP contribution < -0.4 is 5.32 Å². The second-order valence-electron chi connectivity index (χ2n) is 4.60. The molecule has 2 rings (SSSR count). The number of nitrogens with one attached hydrogen (secondary N) is 1. The van der Waals surface area contributed by atoms with E-state index in [1.165, 1.54) is 0 Å². The summed E-state index contributed by atoms with van der Waals surface area (Å²) >= 11 is 0. The third kappa shape index (κ3) is 3.57. The molecule has 0 aliphatic heterocycles. The van der Waals surface area contributed by atoms with Crippen LogP contribution in [-0.2, 0) is 12.6 Å². The van der Waals surface area contributed by atoms with Crippen molar-refractivity contribution in [2.24, 2.45) is 0 Å². The van der Waals surface area contributed by atoms with Gasteiger partial charge in [0.25, 0.3) is 5.89 Å². The van der Waals surface area contributed by atoms with Gasteiger partial charge < -0.3 is 9.84 Å². The van der Waals surface area contributed by atoms with Gasteiger partial charge in [-0.2, -0.15) is 18.2 Å². The number of hydrogen-bond acceptors (Lipinski definition) is 4. The van der Waals surface area contributed by atoms with Crippen LogP contribution in [0, 0.1) is 5.82 Å². The van der Waals surface area contributed by atoms with E-state index in [1.807, 2.05) is 6.92 Å². The molecule has 21 heavy (non-hydrogen) atoms. The fourth-order valence-electron chi connectivity index (χ4n) is 1.69. The number of benzene rings is 1. The van der Waals surface area contributed by atoms with E-state index in [2.05, 4.69) is 15.5 Å². The smallest absolute Gasteiger partial charge is 0.334 e. The first-order valence-electron chi connectivity index (χ1n) is 6.18. The van der Waals surface area contributed by atoms with E-state index in [0.717, 1.165) is 6.07 Å². The first-order chi connectivity index (χ1) is 9.81. The third-order valence-corrected chi connectivity index (χ3v) is 2.97. The average molecular weight is 303 g/mol. The molecule has 0 amide bonds. The van der Waals surface area contributed by atoms with Crippen molar-refractivity contribution >= 4 is 0 Å². The molecule has 1 heterocycles. The second kappa shape index (κ2) is 5.80. The lowest BCUT2D eigenvalue weighted by molar-refractivity contribution is -0.137. The van der Waals surface area contributed by atoms with Crippen LogP contribution in [0.25, 0.3) is 11.5 Å². The van der Waals surface area contributed by atoms with Crippen molar-refractivity contribution in [1.29, 1.82) is 0 Å². The predicted octanol–water partition coefficient (Wildman–Crippen LogP) is 3.04. The van der Waals surface area contributed by atoms with Crippen LogP contribution in [-0.4, -0.2) is 23.2 Å². The van der Waals surface area contributed by atoms with Crippen molar-refractivity contribution in [3.05, 3.63) is 35.4 Å². The molecule has 1 N–H and O–H groups in total. The van der Waals surface area contributed by atoms with E-state index < -0.39 is 17.6 Å². The Morgan fingerprint density at radius 3 is 2.67 bits per heavy atom. The Labute approximate surface area is 118 Å². The van der Waals surface area contributed by atoms with Crippen LogP contribution in [0.5, 0.6) is 0 Å². The highest BCUT2D eigenvalue weighted by Gasteiger charge is 2.32. The molecule has 0 fully saturated rings. The number of rotatable bonds is 4. The van der Waals surface area contributed by atoms with E-state index in [-0.39, 0.29) is 17.5 Å². The Morgan fingerprint density at radius 2 is 2.05 bits per heavy atom. The van der Waals surface area contributed by atoms with Gasteiger partial charge in [0.2, 0.25) is 0 Å². The van der Waals surface area contributed by atoms with Gasteiger partial charge in [-0.25, -0.2) is 4.39 Å². The summed E-state index contributed by atoms with van der Waals surface area (Å²) in [4.78, 5) is 3.93. The Kier molecular flexibility index (Phi) is 4.26. The summed E-state index contributed by atoms with van der Waals surface area (Å²) in [6.07, 6.45) is -4.15. The fourth-order valence-corrected chi connectivity index (χ4v) is 1.69. The summed E-state index contributed by atoms with van der Waals surface area (Å²) in [7, 11) is 1.75. The van der Waals surface area contributed by atoms with Crippen LogP contribution in [0.1, 0.15) is 18.3 Å². The van der Waals surface area contributed by atoms with Gasteiger partial charge in [-0.05, 0) is 32.2 Å². The molecule has 1 aromatic carbocycles. The zero-order chi connectivity index (χ0) is 15.6. The first kappa shape index (κ1) is 15.4. The average Bonchev–Trinajstić information content (AvgIpc) is 2.86. The van der Waals surface area contributed by atoms with Crippen molar-refractivity contribution < 1.29 is 22.1 Å². The van der Waals surface area contributed by atoms with Gasteiger partial charge in [-0.3, -0.25) is 0 Å². The Hall–Kier alpha value is -1.96. The molecule has 8 heteroatoms. The molecular formula is C13H13F4N3O. The normalized spacial score (nSPS) is 13.4. The van der Waals surface area contributed by atoms with E-state index in [9.17, 15) is 17.6 Å². The molecule has 0 aliphatic carbocycles. The summed E-state index contributed by atoms with van der Waals surface area (Å²) in [5, 5.41) is 6.60. The molecule has 0 bridgehead atoms. The van der Waals surface area contributed by atoms with Crippen molar-refractivity contribution in [2.45, 2.75) is 25.6 Å². The predicted molar refractivity (Wildman–Crippen MR) is 66.9 cm³/mol. The highest BCUT2D eigenvalue weighted by Crippen LogP contribution is 2.33. The summed E-state index contributed by atoms with van der Waals surface area (Å²) in [6, 6.07) is 2.12. The van der Waals surface area contributed by atoms with Gasteiger partial charge in [0, 0.05) is 12.5 Å². The van der Waals surface area contributed by atoms with Gasteiger partial charge in [-0.15, -0.1) is 0 Å². The SMILES string of the molecule is CNC(C)Cc1noc(-c2cc(C(F)(F)F)ccc2F)n1. The molecule has 0 saturated carbocycles. The Balaban J connectivity index is 2.33. The number of alkyl halides is 3. The van der Waals surface area contributed by atoms with Crippen molar-refractivity contribution in [3.8, 4) is 11.5 Å². The zero-order valence-electron chi connectivity index (χ0n) is 11.3. The van der Waals surface area contributed by atoms with Crippen molar-refractivity contribution in [1.82, 2.24) is 15.5 Å². The standard InChI is InChI=1S/C13H13F4N3O/c1-7(18-2)5-11-19-12(21-20-11)9-6-8(13(15,16)17)3-4-10(9)14/h3-4,6-7,18H,5H2,1-2H3. The maximum absolute atomic E-state index is 13.7. The zero-order valence-corrected chi connectivity index (χ0v) is 11.3. The van der Waals surface area contributed by atoms with Crippen LogP contribution in [0.4, 0.5) is 17.6 Å². The minimum Gasteiger partial charge on any atom is -0.334 e. The minimum atomic E-state index is -4.56.